The molecule has 72 valence electrons. The largest absolute Gasteiger partial charge is 0.218 e. The van der Waals surface area contributed by atoms with E-state index < -0.39 is 0 Å². The van der Waals surface area contributed by atoms with Crippen LogP contribution in [-0.4, -0.2) is 15.0 Å². The Bertz CT molecular complexity index is 453. The van der Waals surface area contributed by atoms with Gasteiger partial charge in [0.1, 0.15) is 5.69 Å². The fourth-order valence-corrected chi connectivity index (χ4v) is 1.75. The van der Waals surface area contributed by atoms with Gasteiger partial charge in [-0.1, -0.05) is 40.0 Å². The summed E-state index contributed by atoms with van der Waals surface area (Å²) in [5.74, 6) is 0. The Morgan fingerprint density at radius 2 is 1.79 bits per heavy atom. The molecule has 0 aliphatic carbocycles. The summed E-state index contributed by atoms with van der Waals surface area (Å²) in [4.78, 5) is 0. The molecule has 2 rings (SSSR count). The van der Waals surface area contributed by atoms with E-state index in [0.717, 1.165) is 0 Å². The van der Waals surface area contributed by atoms with Crippen molar-refractivity contribution < 1.29 is 0 Å². The Kier molecular flexibility index (Phi) is 2.63. The first-order valence-electron chi connectivity index (χ1n) is 3.70. The highest BCUT2D eigenvalue weighted by Gasteiger charge is 2.11. The minimum Gasteiger partial charge on any atom is -0.218 e. The number of hydrogen-bond donors (Lipinski definition) is 0. The van der Waals surface area contributed by atoms with E-state index in [1.807, 2.05) is 0 Å². The molecule has 0 bridgehead atoms. The van der Waals surface area contributed by atoms with E-state index in [2.05, 4.69) is 10.3 Å². The van der Waals surface area contributed by atoms with Crippen molar-refractivity contribution in [1.29, 1.82) is 0 Å². The van der Waals surface area contributed by atoms with E-state index in [9.17, 15) is 0 Å². The lowest BCUT2D eigenvalue weighted by molar-refractivity contribution is 0.803. The SMILES string of the molecule is Clc1ccc(Cl)c(-n2ccnn2)c1Cl. The zero-order chi connectivity index (χ0) is 10.1. The zero-order valence-corrected chi connectivity index (χ0v) is 9.05. The van der Waals surface area contributed by atoms with Crippen LogP contribution in [0.3, 0.4) is 0 Å². The van der Waals surface area contributed by atoms with Gasteiger partial charge in [-0.25, -0.2) is 4.68 Å². The van der Waals surface area contributed by atoms with Crippen LogP contribution in [0.25, 0.3) is 5.69 Å². The van der Waals surface area contributed by atoms with E-state index in [4.69, 9.17) is 34.8 Å². The summed E-state index contributed by atoms with van der Waals surface area (Å²) < 4.78 is 1.47. The van der Waals surface area contributed by atoms with Crippen LogP contribution in [0.5, 0.6) is 0 Å². The summed E-state index contributed by atoms with van der Waals surface area (Å²) in [5, 5.41) is 8.73. The monoisotopic (exact) mass is 247 g/mol. The first-order valence-corrected chi connectivity index (χ1v) is 4.83. The molecule has 0 aliphatic heterocycles. The zero-order valence-electron chi connectivity index (χ0n) is 6.78. The fraction of sp³-hybridized carbons (Fsp3) is 0. The molecule has 0 saturated carbocycles. The van der Waals surface area contributed by atoms with Crippen molar-refractivity contribution in [2.24, 2.45) is 0 Å². The third-order valence-corrected chi connectivity index (χ3v) is 2.77. The summed E-state index contributed by atoms with van der Waals surface area (Å²) in [6.45, 7) is 0. The van der Waals surface area contributed by atoms with Crippen LogP contribution in [0.15, 0.2) is 24.5 Å². The van der Waals surface area contributed by atoms with Crippen LogP contribution in [0, 0.1) is 0 Å². The maximum absolute atomic E-state index is 5.98. The maximum Gasteiger partial charge on any atom is 0.105 e. The number of aromatic nitrogens is 3. The van der Waals surface area contributed by atoms with Crippen LogP contribution in [0.4, 0.5) is 0 Å². The Balaban J connectivity index is 2.69. The lowest BCUT2D eigenvalue weighted by Crippen LogP contribution is -1.97. The molecular formula is C8H4Cl3N3. The number of hydrogen-bond acceptors (Lipinski definition) is 2. The van der Waals surface area contributed by atoms with Crippen LogP contribution >= 0.6 is 34.8 Å². The second kappa shape index (κ2) is 3.77. The van der Waals surface area contributed by atoms with Crippen LogP contribution in [0.2, 0.25) is 15.1 Å². The Labute approximate surface area is 95.2 Å². The highest BCUT2D eigenvalue weighted by molar-refractivity contribution is 6.45. The van der Waals surface area contributed by atoms with E-state index in [-0.39, 0.29) is 0 Å². The molecule has 0 atom stereocenters. The van der Waals surface area contributed by atoms with Crippen molar-refractivity contribution in [2.45, 2.75) is 0 Å². The average molecular weight is 249 g/mol. The van der Waals surface area contributed by atoms with Crippen molar-refractivity contribution in [3.05, 3.63) is 39.6 Å². The van der Waals surface area contributed by atoms with Gasteiger partial charge in [-0.15, -0.1) is 5.10 Å². The van der Waals surface area contributed by atoms with Gasteiger partial charge in [-0.3, -0.25) is 0 Å². The van der Waals surface area contributed by atoms with E-state index >= 15 is 0 Å². The van der Waals surface area contributed by atoms with Gasteiger partial charge in [0.05, 0.1) is 27.5 Å². The lowest BCUT2D eigenvalue weighted by atomic mass is 10.3. The van der Waals surface area contributed by atoms with Gasteiger partial charge in [0.15, 0.2) is 0 Å². The molecule has 0 unspecified atom stereocenters. The maximum atomic E-state index is 5.98. The average Bonchev–Trinajstić information content (AvgIpc) is 2.65. The second-order valence-electron chi connectivity index (χ2n) is 2.54. The first kappa shape index (κ1) is 9.77. The van der Waals surface area contributed by atoms with E-state index in [0.29, 0.717) is 20.8 Å². The van der Waals surface area contributed by atoms with Gasteiger partial charge in [0.2, 0.25) is 0 Å². The molecule has 1 heterocycles. The van der Waals surface area contributed by atoms with Gasteiger partial charge in [0.25, 0.3) is 0 Å². The van der Waals surface area contributed by atoms with Crippen molar-refractivity contribution in [2.75, 3.05) is 0 Å². The van der Waals surface area contributed by atoms with Crippen LogP contribution in [-0.2, 0) is 0 Å². The third kappa shape index (κ3) is 1.59. The molecule has 1 aromatic carbocycles. The van der Waals surface area contributed by atoms with Gasteiger partial charge in [-0.2, -0.15) is 0 Å². The highest BCUT2D eigenvalue weighted by atomic mass is 35.5. The molecule has 0 fully saturated rings. The predicted molar refractivity (Wildman–Crippen MR) is 56.4 cm³/mol. The molecule has 0 saturated heterocycles. The van der Waals surface area contributed by atoms with Crippen LogP contribution < -0.4 is 0 Å². The topological polar surface area (TPSA) is 30.7 Å². The Morgan fingerprint density at radius 1 is 1.07 bits per heavy atom. The van der Waals surface area contributed by atoms with Crippen molar-refractivity contribution in [3.8, 4) is 5.69 Å². The number of benzene rings is 1. The van der Waals surface area contributed by atoms with E-state index in [1.165, 1.54) is 10.9 Å². The highest BCUT2D eigenvalue weighted by Crippen LogP contribution is 2.33. The molecule has 6 heteroatoms. The second-order valence-corrected chi connectivity index (χ2v) is 3.73. The van der Waals surface area contributed by atoms with Crippen molar-refractivity contribution in [1.82, 2.24) is 15.0 Å². The predicted octanol–water partition coefficient (Wildman–Crippen LogP) is 3.23. The summed E-state index contributed by atoms with van der Waals surface area (Å²) in [7, 11) is 0. The standard InChI is InChI=1S/C8H4Cl3N3/c9-5-1-2-6(10)8(7(5)11)14-4-3-12-13-14/h1-4H. The smallest absolute Gasteiger partial charge is 0.105 e. The molecule has 1 aromatic heterocycles. The van der Waals surface area contributed by atoms with Gasteiger partial charge in [0, 0.05) is 0 Å². The summed E-state index contributed by atoms with van der Waals surface area (Å²) in [6.07, 6.45) is 3.18. The minimum atomic E-state index is 0.365. The van der Waals surface area contributed by atoms with Gasteiger partial charge >= 0.3 is 0 Å². The van der Waals surface area contributed by atoms with Gasteiger partial charge in [-0.05, 0) is 12.1 Å². The van der Waals surface area contributed by atoms with Crippen molar-refractivity contribution in [3.63, 3.8) is 0 Å². The molecule has 14 heavy (non-hydrogen) atoms. The quantitative estimate of drug-likeness (QED) is 0.726. The summed E-state index contributed by atoms with van der Waals surface area (Å²) in [5.41, 5.74) is 0.540. The number of halogens is 3. The van der Waals surface area contributed by atoms with Gasteiger partial charge < -0.3 is 0 Å². The number of rotatable bonds is 1. The van der Waals surface area contributed by atoms with E-state index in [1.54, 1.807) is 18.3 Å². The first-order chi connectivity index (χ1) is 6.70. The lowest BCUT2D eigenvalue weighted by Gasteiger charge is -2.06. The Hall–Kier alpha value is -0.770. The molecule has 0 radical (unpaired) electrons. The molecule has 0 amide bonds. The third-order valence-electron chi connectivity index (χ3n) is 1.67. The Morgan fingerprint density at radius 3 is 2.43 bits per heavy atom. The summed E-state index contributed by atoms with van der Waals surface area (Å²) >= 11 is 17.8. The molecular weight excluding hydrogens is 244 g/mol. The normalized spacial score (nSPS) is 10.5. The minimum absolute atomic E-state index is 0.365. The fourth-order valence-electron chi connectivity index (χ4n) is 1.05. The van der Waals surface area contributed by atoms with Crippen LogP contribution in [0.1, 0.15) is 0 Å². The molecule has 0 aliphatic rings. The molecule has 0 spiro atoms. The molecule has 0 N–H and O–H groups in total. The van der Waals surface area contributed by atoms with Crippen molar-refractivity contribution >= 4 is 34.8 Å². The summed E-state index contributed by atoms with van der Waals surface area (Å²) in [6, 6.07) is 3.29. The number of nitrogens with zero attached hydrogens (tertiary/aromatic N) is 3. The molecule has 3 nitrogen and oxygen atoms in total. The molecule has 2 aromatic rings.